The zero-order valence-electron chi connectivity index (χ0n) is 22.3. The summed E-state index contributed by atoms with van der Waals surface area (Å²) in [7, 11) is 2.17. The number of hydrogen-bond donors (Lipinski definition) is 0. The fourth-order valence-corrected chi connectivity index (χ4v) is 5.99. The maximum Gasteiger partial charge on any atom is 0.298 e. The fourth-order valence-electron chi connectivity index (χ4n) is 5.99. The molecule has 0 bridgehead atoms. The van der Waals surface area contributed by atoms with E-state index in [1.807, 2.05) is 6.08 Å². The summed E-state index contributed by atoms with van der Waals surface area (Å²) in [4.78, 5) is 0. The standard InChI is InChI=1S/C34H33N2O/c1-7-24(21(3)4)28(8-2)36-30-16-12-11-15-29(30)35(6)34(36)31-22(5)17-19-27-26-20-18-23-13-9-10-14-25(23)32(26)37-33(27)31/h7,9-21H,1,8H2,2-6H3/q+1/b28-24-. The van der Waals surface area contributed by atoms with E-state index >= 15 is 0 Å². The van der Waals surface area contributed by atoms with Crippen molar-refractivity contribution in [1.29, 1.82) is 0 Å². The first-order chi connectivity index (χ1) is 18.0. The van der Waals surface area contributed by atoms with E-state index in [0.29, 0.717) is 5.92 Å². The molecule has 4 aromatic carbocycles. The van der Waals surface area contributed by atoms with E-state index in [-0.39, 0.29) is 0 Å². The number of aromatic nitrogens is 2. The number of fused-ring (bicyclic) bond motifs is 6. The van der Waals surface area contributed by atoms with E-state index in [1.165, 1.54) is 33.3 Å². The van der Waals surface area contributed by atoms with E-state index in [4.69, 9.17) is 4.42 Å². The first-order valence-corrected chi connectivity index (χ1v) is 13.2. The van der Waals surface area contributed by atoms with E-state index in [2.05, 4.69) is 123 Å². The molecule has 0 spiro atoms. The molecule has 0 unspecified atom stereocenters. The molecule has 0 fully saturated rings. The third-order valence-electron chi connectivity index (χ3n) is 7.76. The number of rotatable bonds is 5. The molecule has 0 saturated heterocycles. The maximum absolute atomic E-state index is 6.82. The van der Waals surface area contributed by atoms with Crippen molar-refractivity contribution in [2.75, 3.05) is 0 Å². The Morgan fingerprint density at radius 2 is 1.62 bits per heavy atom. The molecule has 0 N–H and O–H groups in total. The van der Waals surface area contributed by atoms with Crippen molar-refractivity contribution in [3.63, 3.8) is 0 Å². The molecule has 3 heteroatoms. The molecule has 0 aliphatic heterocycles. The lowest BCUT2D eigenvalue weighted by Gasteiger charge is -2.14. The van der Waals surface area contributed by atoms with Crippen molar-refractivity contribution in [1.82, 2.24) is 4.57 Å². The first kappa shape index (κ1) is 23.3. The van der Waals surface area contributed by atoms with Crippen LogP contribution >= 0.6 is 0 Å². The quantitative estimate of drug-likeness (QED) is 0.176. The van der Waals surface area contributed by atoms with Crippen LogP contribution < -0.4 is 4.57 Å². The van der Waals surface area contributed by atoms with Crippen LogP contribution in [-0.4, -0.2) is 4.57 Å². The summed E-state index contributed by atoms with van der Waals surface area (Å²) in [6.45, 7) is 13.1. The van der Waals surface area contributed by atoms with Gasteiger partial charge in [0, 0.05) is 22.6 Å². The van der Waals surface area contributed by atoms with Crippen LogP contribution in [-0.2, 0) is 7.05 Å². The molecule has 0 aliphatic carbocycles. The Morgan fingerprint density at radius 1 is 0.919 bits per heavy atom. The summed E-state index contributed by atoms with van der Waals surface area (Å²) in [5.41, 5.74) is 9.13. The van der Waals surface area contributed by atoms with Crippen LogP contribution in [0.25, 0.3) is 60.8 Å². The summed E-state index contributed by atoms with van der Waals surface area (Å²) in [5.74, 6) is 1.49. The molecule has 0 aliphatic rings. The number of allylic oxidation sites excluding steroid dienone is 3. The Hall–Kier alpha value is -4.11. The van der Waals surface area contributed by atoms with Crippen molar-refractivity contribution in [2.45, 2.75) is 34.1 Å². The second kappa shape index (κ2) is 8.77. The van der Waals surface area contributed by atoms with Gasteiger partial charge in [0.2, 0.25) is 0 Å². The topological polar surface area (TPSA) is 21.9 Å². The average Bonchev–Trinajstić information content (AvgIpc) is 3.42. The molecule has 0 atom stereocenters. The molecule has 6 aromatic rings. The van der Waals surface area contributed by atoms with Gasteiger partial charge in [-0.3, -0.25) is 0 Å². The number of imidazole rings is 1. The third kappa shape index (κ3) is 3.37. The van der Waals surface area contributed by atoms with Gasteiger partial charge in [-0.15, -0.1) is 0 Å². The minimum absolute atomic E-state index is 0.362. The Bertz CT molecular complexity index is 1880. The maximum atomic E-state index is 6.82. The lowest BCUT2D eigenvalue weighted by atomic mass is 9.98. The molecule has 0 amide bonds. The van der Waals surface area contributed by atoms with Gasteiger partial charge in [0.25, 0.3) is 5.82 Å². The van der Waals surface area contributed by atoms with Crippen LogP contribution in [0.4, 0.5) is 0 Å². The van der Waals surface area contributed by atoms with Crippen molar-refractivity contribution in [3.8, 4) is 11.4 Å². The number of hydrogen-bond acceptors (Lipinski definition) is 1. The smallest absolute Gasteiger partial charge is 0.298 e. The minimum atomic E-state index is 0.362. The lowest BCUT2D eigenvalue weighted by molar-refractivity contribution is -0.633. The monoisotopic (exact) mass is 485 g/mol. The number of para-hydroxylation sites is 2. The number of aryl methyl sites for hydroxylation is 2. The summed E-state index contributed by atoms with van der Waals surface area (Å²) < 4.78 is 11.6. The number of benzene rings is 4. The van der Waals surface area contributed by atoms with Gasteiger partial charge in [0.05, 0.1) is 7.05 Å². The molecule has 3 nitrogen and oxygen atoms in total. The van der Waals surface area contributed by atoms with Crippen LogP contribution in [0.1, 0.15) is 32.8 Å². The molecule has 6 rings (SSSR count). The zero-order valence-corrected chi connectivity index (χ0v) is 22.3. The molecular weight excluding hydrogens is 452 g/mol. The van der Waals surface area contributed by atoms with Gasteiger partial charge >= 0.3 is 0 Å². The predicted octanol–water partition coefficient (Wildman–Crippen LogP) is 8.96. The average molecular weight is 486 g/mol. The van der Waals surface area contributed by atoms with Crippen molar-refractivity contribution < 1.29 is 8.98 Å². The van der Waals surface area contributed by atoms with E-state index in [9.17, 15) is 0 Å². The molecular formula is C34H33N2O+. The van der Waals surface area contributed by atoms with Crippen LogP contribution in [0.2, 0.25) is 0 Å². The Balaban J connectivity index is 1.81. The van der Waals surface area contributed by atoms with E-state index in [0.717, 1.165) is 45.1 Å². The Labute approximate surface area is 217 Å². The minimum Gasteiger partial charge on any atom is -0.454 e. The van der Waals surface area contributed by atoms with Gasteiger partial charge in [-0.25, -0.2) is 4.57 Å². The molecule has 0 saturated carbocycles. The largest absolute Gasteiger partial charge is 0.454 e. The zero-order chi connectivity index (χ0) is 25.8. The number of nitrogens with zero attached hydrogens (tertiary/aromatic N) is 2. The van der Waals surface area contributed by atoms with Gasteiger partial charge in [-0.05, 0) is 47.6 Å². The summed E-state index contributed by atoms with van der Waals surface area (Å²) >= 11 is 0. The summed E-state index contributed by atoms with van der Waals surface area (Å²) in [6.07, 6.45) is 2.92. The highest BCUT2D eigenvalue weighted by Gasteiger charge is 2.32. The van der Waals surface area contributed by atoms with Crippen LogP contribution in [0.5, 0.6) is 0 Å². The highest BCUT2D eigenvalue weighted by Crippen LogP contribution is 2.41. The van der Waals surface area contributed by atoms with Crippen LogP contribution in [0.15, 0.2) is 95.4 Å². The Kier molecular flexibility index (Phi) is 5.52. The van der Waals surface area contributed by atoms with Crippen molar-refractivity contribution in [2.24, 2.45) is 13.0 Å². The molecule has 37 heavy (non-hydrogen) atoms. The molecule has 2 aromatic heterocycles. The SMILES string of the molecule is C=C/C(=C(\CC)n1c(-c2c(C)ccc3c2oc2c4ccccc4ccc32)[n+](C)c2ccccc21)C(C)C. The second-order valence-corrected chi connectivity index (χ2v) is 10.2. The predicted molar refractivity (Wildman–Crippen MR) is 157 cm³/mol. The van der Waals surface area contributed by atoms with Crippen LogP contribution in [0, 0.1) is 12.8 Å². The third-order valence-corrected chi connectivity index (χ3v) is 7.76. The highest BCUT2D eigenvalue weighted by molar-refractivity contribution is 6.17. The van der Waals surface area contributed by atoms with Gasteiger partial charge < -0.3 is 4.42 Å². The first-order valence-electron chi connectivity index (χ1n) is 13.2. The second-order valence-electron chi connectivity index (χ2n) is 10.2. The van der Waals surface area contributed by atoms with Gasteiger partial charge in [0.15, 0.2) is 16.6 Å². The number of furan rings is 1. The van der Waals surface area contributed by atoms with E-state index < -0.39 is 0 Å². The summed E-state index contributed by atoms with van der Waals surface area (Å²) in [5, 5.41) is 4.64. The molecule has 2 heterocycles. The van der Waals surface area contributed by atoms with Gasteiger partial charge in [-0.1, -0.05) is 88.0 Å². The normalized spacial score (nSPS) is 12.8. The fraction of sp³-hybridized carbons (Fsp3) is 0.206. The van der Waals surface area contributed by atoms with Crippen LogP contribution in [0.3, 0.4) is 0 Å². The molecule has 184 valence electrons. The Morgan fingerprint density at radius 3 is 2.38 bits per heavy atom. The lowest BCUT2D eigenvalue weighted by Crippen LogP contribution is -2.30. The van der Waals surface area contributed by atoms with Crippen molar-refractivity contribution >= 4 is 49.4 Å². The summed E-state index contributed by atoms with van der Waals surface area (Å²) in [6, 6.07) is 26.0. The van der Waals surface area contributed by atoms with Gasteiger partial charge in [-0.2, -0.15) is 4.57 Å². The van der Waals surface area contributed by atoms with Crippen molar-refractivity contribution in [3.05, 3.63) is 96.6 Å². The highest BCUT2D eigenvalue weighted by atomic mass is 16.3. The van der Waals surface area contributed by atoms with E-state index in [1.54, 1.807) is 0 Å². The molecule has 0 radical (unpaired) electrons. The van der Waals surface area contributed by atoms with Gasteiger partial charge in [0.1, 0.15) is 16.8 Å².